The summed E-state index contributed by atoms with van der Waals surface area (Å²) in [7, 11) is 0. The van der Waals surface area contributed by atoms with Crippen LogP contribution in [0.2, 0.25) is 5.15 Å². The van der Waals surface area contributed by atoms with Crippen molar-refractivity contribution >= 4 is 17.5 Å². The Morgan fingerprint density at radius 1 is 1.25 bits per heavy atom. The molecule has 0 saturated heterocycles. The molecule has 0 saturated carbocycles. The second-order valence-corrected chi connectivity index (χ2v) is 4.41. The fourth-order valence-corrected chi connectivity index (χ4v) is 1.62. The molecular formula is C13H11ClFN3O2. The third-order valence-corrected chi connectivity index (χ3v) is 2.78. The van der Waals surface area contributed by atoms with Gasteiger partial charge < -0.3 is 10.4 Å². The summed E-state index contributed by atoms with van der Waals surface area (Å²) in [6.07, 6.45) is -0.931. The first-order chi connectivity index (χ1) is 9.56. The third-order valence-electron chi connectivity index (χ3n) is 2.58. The molecule has 0 aliphatic heterocycles. The Bertz CT molecular complexity index is 590. The van der Waals surface area contributed by atoms with Crippen molar-refractivity contribution in [3.63, 3.8) is 0 Å². The Morgan fingerprint density at radius 2 is 1.95 bits per heavy atom. The van der Waals surface area contributed by atoms with Crippen molar-refractivity contribution in [1.29, 1.82) is 0 Å². The highest BCUT2D eigenvalue weighted by Gasteiger charge is 2.12. The summed E-state index contributed by atoms with van der Waals surface area (Å²) < 4.78 is 12.7. The second kappa shape index (κ2) is 6.40. The maximum absolute atomic E-state index is 12.7. The van der Waals surface area contributed by atoms with Gasteiger partial charge in [0.2, 0.25) is 0 Å². The summed E-state index contributed by atoms with van der Waals surface area (Å²) in [6, 6.07) is 8.26. The van der Waals surface area contributed by atoms with Crippen LogP contribution in [0.25, 0.3) is 0 Å². The molecule has 0 aliphatic rings. The van der Waals surface area contributed by atoms with Gasteiger partial charge in [-0.05, 0) is 29.8 Å². The van der Waals surface area contributed by atoms with Gasteiger partial charge in [-0.2, -0.15) is 0 Å². The van der Waals surface area contributed by atoms with Crippen LogP contribution in [-0.2, 0) is 0 Å². The highest BCUT2D eigenvalue weighted by atomic mass is 35.5. The topological polar surface area (TPSA) is 75.1 Å². The molecule has 1 unspecified atom stereocenters. The van der Waals surface area contributed by atoms with E-state index in [1.165, 1.54) is 36.4 Å². The van der Waals surface area contributed by atoms with Crippen LogP contribution in [0, 0.1) is 5.82 Å². The number of aromatic nitrogens is 2. The van der Waals surface area contributed by atoms with Crippen LogP contribution < -0.4 is 5.32 Å². The lowest BCUT2D eigenvalue weighted by Gasteiger charge is -2.11. The van der Waals surface area contributed by atoms with Gasteiger partial charge in [0.1, 0.15) is 5.82 Å². The first-order valence-corrected chi connectivity index (χ1v) is 6.15. The minimum atomic E-state index is -0.931. The maximum Gasteiger partial charge on any atom is 0.271 e. The SMILES string of the molecule is O=C(NCC(O)c1ccc(F)cc1)c1ccc(Cl)nn1. The molecule has 1 amide bonds. The fraction of sp³-hybridized carbons (Fsp3) is 0.154. The van der Waals surface area contributed by atoms with Crippen molar-refractivity contribution in [2.75, 3.05) is 6.54 Å². The Morgan fingerprint density at radius 3 is 2.55 bits per heavy atom. The summed E-state index contributed by atoms with van der Waals surface area (Å²) >= 11 is 5.56. The van der Waals surface area contributed by atoms with Gasteiger partial charge in [0.25, 0.3) is 5.91 Å². The molecule has 7 heteroatoms. The normalized spacial score (nSPS) is 11.9. The van der Waals surface area contributed by atoms with E-state index in [9.17, 15) is 14.3 Å². The molecule has 0 radical (unpaired) electrons. The number of aliphatic hydroxyl groups excluding tert-OH is 1. The van der Waals surface area contributed by atoms with Crippen molar-refractivity contribution in [3.8, 4) is 0 Å². The van der Waals surface area contributed by atoms with Crippen molar-refractivity contribution in [3.05, 3.63) is 58.6 Å². The monoisotopic (exact) mass is 295 g/mol. The lowest BCUT2D eigenvalue weighted by Crippen LogP contribution is -2.29. The van der Waals surface area contributed by atoms with Gasteiger partial charge >= 0.3 is 0 Å². The molecule has 20 heavy (non-hydrogen) atoms. The number of nitrogens with zero attached hydrogens (tertiary/aromatic N) is 2. The molecule has 1 heterocycles. The largest absolute Gasteiger partial charge is 0.387 e. The van der Waals surface area contributed by atoms with Gasteiger partial charge in [0.15, 0.2) is 10.8 Å². The number of amides is 1. The number of carbonyl (C=O) groups excluding carboxylic acids is 1. The van der Waals surface area contributed by atoms with Gasteiger partial charge in [0, 0.05) is 6.54 Å². The standard InChI is InChI=1S/C13H11ClFN3O2/c14-12-6-5-10(17-18-12)13(20)16-7-11(19)8-1-3-9(15)4-2-8/h1-6,11,19H,7H2,(H,16,20). The Kier molecular flexibility index (Phi) is 4.60. The summed E-state index contributed by atoms with van der Waals surface area (Å²) in [5, 5.41) is 19.7. The van der Waals surface area contributed by atoms with Gasteiger partial charge in [0.05, 0.1) is 6.10 Å². The second-order valence-electron chi connectivity index (χ2n) is 4.02. The summed E-state index contributed by atoms with van der Waals surface area (Å²) in [5.74, 6) is -0.864. The maximum atomic E-state index is 12.7. The van der Waals surface area contributed by atoms with E-state index in [2.05, 4.69) is 15.5 Å². The summed E-state index contributed by atoms with van der Waals surface area (Å²) in [4.78, 5) is 11.7. The van der Waals surface area contributed by atoms with E-state index < -0.39 is 12.0 Å². The number of aliphatic hydroxyl groups is 1. The summed E-state index contributed by atoms with van der Waals surface area (Å²) in [6.45, 7) is -0.0191. The Labute approximate surface area is 119 Å². The molecule has 1 aromatic carbocycles. The molecule has 2 rings (SSSR count). The molecule has 5 nitrogen and oxygen atoms in total. The van der Waals surface area contributed by atoms with E-state index in [0.717, 1.165) is 0 Å². The predicted octanol–water partition coefficient (Wildman–Crippen LogP) is 1.73. The van der Waals surface area contributed by atoms with E-state index in [-0.39, 0.29) is 23.2 Å². The van der Waals surface area contributed by atoms with Crippen LogP contribution in [0.15, 0.2) is 36.4 Å². The number of rotatable bonds is 4. The van der Waals surface area contributed by atoms with Crippen LogP contribution in [0.3, 0.4) is 0 Å². The molecule has 0 spiro atoms. The number of hydrogen-bond acceptors (Lipinski definition) is 4. The zero-order valence-electron chi connectivity index (χ0n) is 10.3. The zero-order valence-corrected chi connectivity index (χ0v) is 11.0. The van der Waals surface area contributed by atoms with E-state index in [4.69, 9.17) is 11.6 Å². The van der Waals surface area contributed by atoms with Gasteiger partial charge in [-0.15, -0.1) is 10.2 Å². The average molecular weight is 296 g/mol. The molecule has 0 bridgehead atoms. The van der Waals surface area contributed by atoms with Crippen LogP contribution >= 0.6 is 11.6 Å². The quantitative estimate of drug-likeness (QED) is 0.901. The molecule has 104 valence electrons. The van der Waals surface area contributed by atoms with Gasteiger partial charge in [-0.3, -0.25) is 4.79 Å². The number of halogens is 2. The minimum Gasteiger partial charge on any atom is -0.387 e. The van der Waals surface area contributed by atoms with Crippen molar-refractivity contribution in [2.24, 2.45) is 0 Å². The van der Waals surface area contributed by atoms with Gasteiger partial charge in [-0.25, -0.2) is 4.39 Å². The minimum absolute atomic E-state index is 0.0191. The first-order valence-electron chi connectivity index (χ1n) is 5.77. The fourth-order valence-electron chi connectivity index (χ4n) is 1.52. The van der Waals surface area contributed by atoms with Crippen molar-refractivity contribution in [2.45, 2.75) is 6.10 Å². The lowest BCUT2D eigenvalue weighted by atomic mass is 10.1. The van der Waals surface area contributed by atoms with E-state index in [0.29, 0.717) is 5.56 Å². The number of hydrogen-bond donors (Lipinski definition) is 2. The predicted molar refractivity (Wildman–Crippen MR) is 70.7 cm³/mol. The summed E-state index contributed by atoms with van der Waals surface area (Å²) in [5.41, 5.74) is 0.606. The van der Waals surface area contributed by atoms with Crippen molar-refractivity contribution in [1.82, 2.24) is 15.5 Å². The van der Waals surface area contributed by atoms with E-state index >= 15 is 0 Å². The molecule has 2 aromatic rings. The van der Waals surface area contributed by atoms with E-state index in [1.54, 1.807) is 0 Å². The van der Waals surface area contributed by atoms with Crippen LogP contribution in [-0.4, -0.2) is 27.8 Å². The van der Waals surface area contributed by atoms with E-state index in [1.807, 2.05) is 0 Å². The number of carbonyl (C=O) groups is 1. The Balaban J connectivity index is 1.92. The zero-order chi connectivity index (χ0) is 14.5. The first kappa shape index (κ1) is 14.4. The number of benzene rings is 1. The molecule has 0 fully saturated rings. The number of nitrogens with one attached hydrogen (secondary N) is 1. The smallest absolute Gasteiger partial charge is 0.271 e. The lowest BCUT2D eigenvalue weighted by molar-refractivity contribution is 0.0910. The molecule has 2 N–H and O–H groups in total. The van der Waals surface area contributed by atoms with Crippen LogP contribution in [0.4, 0.5) is 4.39 Å². The third kappa shape index (κ3) is 3.72. The van der Waals surface area contributed by atoms with Crippen LogP contribution in [0.5, 0.6) is 0 Å². The highest BCUT2D eigenvalue weighted by molar-refractivity contribution is 6.29. The van der Waals surface area contributed by atoms with Crippen LogP contribution in [0.1, 0.15) is 22.2 Å². The molecule has 0 aliphatic carbocycles. The molecular weight excluding hydrogens is 285 g/mol. The average Bonchev–Trinajstić information content (AvgIpc) is 2.46. The van der Waals surface area contributed by atoms with Crippen molar-refractivity contribution < 1.29 is 14.3 Å². The van der Waals surface area contributed by atoms with Gasteiger partial charge in [-0.1, -0.05) is 23.7 Å². The highest BCUT2D eigenvalue weighted by Crippen LogP contribution is 2.12. The molecule has 1 atom stereocenters. The molecule has 1 aromatic heterocycles. The Hall–Kier alpha value is -2.05.